The summed E-state index contributed by atoms with van der Waals surface area (Å²) in [4.78, 5) is 10.2. The van der Waals surface area contributed by atoms with Crippen LogP contribution in [-0.2, 0) is 0 Å². The van der Waals surface area contributed by atoms with Crippen LogP contribution in [0.4, 0.5) is 21.7 Å². The van der Waals surface area contributed by atoms with E-state index in [1.165, 1.54) is 0 Å². The maximum atomic E-state index is 12.7. The first-order valence-electron chi connectivity index (χ1n) is 3.51. The monoisotopic (exact) mass is 209 g/mol. The van der Waals surface area contributed by atoms with Crippen molar-refractivity contribution >= 4 is 18.7 Å². The average molecular weight is 209 g/mol. The highest BCUT2D eigenvalue weighted by molar-refractivity contribution is 6.74. The van der Waals surface area contributed by atoms with Crippen molar-refractivity contribution in [2.24, 2.45) is 0 Å². The molecule has 0 radical (unpaired) electrons. The van der Waals surface area contributed by atoms with E-state index in [-0.39, 0.29) is 6.29 Å². The second-order valence-electron chi connectivity index (χ2n) is 2.56. The van der Waals surface area contributed by atoms with Crippen LogP contribution in [0.5, 0.6) is 0 Å². The fourth-order valence-corrected chi connectivity index (χ4v) is 0.986. The molecular formula is C7H3BF5O-. The third kappa shape index (κ3) is 1.76. The van der Waals surface area contributed by atoms with E-state index >= 15 is 0 Å². The Morgan fingerprint density at radius 3 is 2.14 bits per heavy atom. The molecule has 1 nitrogen and oxygen atoms in total. The number of hydrogen-bond acceptors (Lipinski definition) is 1. The van der Waals surface area contributed by atoms with Crippen molar-refractivity contribution in [2.75, 3.05) is 0 Å². The highest BCUT2D eigenvalue weighted by Gasteiger charge is 2.30. The van der Waals surface area contributed by atoms with Gasteiger partial charge in [0.05, 0.1) is 0 Å². The first kappa shape index (κ1) is 10.7. The molecule has 76 valence electrons. The number of rotatable bonds is 2. The van der Waals surface area contributed by atoms with Crippen LogP contribution in [0.3, 0.4) is 0 Å². The molecule has 14 heavy (non-hydrogen) atoms. The topological polar surface area (TPSA) is 17.1 Å². The maximum absolute atomic E-state index is 12.7. The van der Waals surface area contributed by atoms with Crippen LogP contribution in [-0.4, -0.2) is 13.3 Å². The van der Waals surface area contributed by atoms with E-state index in [0.29, 0.717) is 12.1 Å². The number of hydrogen-bond donors (Lipinski definition) is 0. The minimum absolute atomic E-state index is 0.340. The lowest BCUT2D eigenvalue weighted by Crippen LogP contribution is -2.37. The number of benzene rings is 1. The van der Waals surface area contributed by atoms with E-state index in [1.807, 2.05) is 0 Å². The van der Waals surface area contributed by atoms with Gasteiger partial charge in [-0.25, -0.2) is 8.78 Å². The Morgan fingerprint density at radius 1 is 1.14 bits per heavy atom. The summed E-state index contributed by atoms with van der Waals surface area (Å²) in [5.74, 6) is -3.24. The van der Waals surface area contributed by atoms with Crippen LogP contribution in [0.15, 0.2) is 12.1 Å². The largest absolute Gasteiger partial charge is 0.510 e. The van der Waals surface area contributed by atoms with Crippen molar-refractivity contribution in [3.05, 3.63) is 29.3 Å². The lowest BCUT2D eigenvalue weighted by Gasteiger charge is -2.17. The summed E-state index contributed by atoms with van der Waals surface area (Å²) in [6, 6.07) is 0.690. The van der Waals surface area contributed by atoms with Gasteiger partial charge in [-0.1, -0.05) is 11.5 Å². The first-order chi connectivity index (χ1) is 6.38. The molecule has 0 aromatic heterocycles. The second kappa shape index (κ2) is 3.40. The number of carbonyl (C=O) groups is 1. The van der Waals surface area contributed by atoms with E-state index in [2.05, 4.69) is 0 Å². The molecule has 0 fully saturated rings. The highest BCUT2D eigenvalue weighted by atomic mass is 19.4. The van der Waals surface area contributed by atoms with E-state index in [0.717, 1.165) is 0 Å². The lowest BCUT2D eigenvalue weighted by atomic mass is 9.77. The molecule has 0 N–H and O–H groups in total. The molecule has 0 heterocycles. The van der Waals surface area contributed by atoms with Gasteiger partial charge >= 0.3 is 6.98 Å². The third-order valence-electron chi connectivity index (χ3n) is 1.64. The van der Waals surface area contributed by atoms with Gasteiger partial charge in [0, 0.05) is 5.56 Å². The molecule has 0 aliphatic heterocycles. The highest BCUT2D eigenvalue weighted by Crippen LogP contribution is 2.15. The minimum Gasteiger partial charge on any atom is -0.445 e. The summed E-state index contributed by atoms with van der Waals surface area (Å²) >= 11 is 0. The summed E-state index contributed by atoms with van der Waals surface area (Å²) in [7, 11) is 0. The quantitative estimate of drug-likeness (QED) is 0.412. The second-order valence-corrected chi connectivity index (χ2v) is 2.56. The molecule has 1 aromatic carbocycles. The van der Waals surface area contributed by atoms with E-state index in [4.69, 9.17) is 0 Å². The van der Waals surface area contributed by atoms with Gasteiger partial charge in [-0.15, -0.1) is 0 Å². The van der Waals surface area contributed by atoms with Crippen molar-refractivity contribution in [1.29, 1.82) is 0 Å². The van der Waals surface area contributed by atoms with Crippen molar-refractivity contribution in [1.82, 2.24) is 0 Å². The standard InChI is InChI=1S/C7H3BF5O/c9-6-2-1-5(8(11,12)13)4(3-14)7(6)10/h1-3H/q-1. The van der Waals surface area contributed by atoms with Crippen LogP contribution < -0.4 is 5.46 Å². The van der Waals surface area contributed by atoms with Gasteiger partial charge in [0.25, 0.3) is 0 Å². The van der Waals surface area contributed by atoms with Crippen LogP contribution in [0.2, 0.25) is 0 Å². The van der Waals surface area contributed by atoms with Gasteiger partial charge in [-0.2, -0.15) is 0 Å². The number of carbonyl (C=O) groups excluding carboxylic acids is 1. The van der Waals surface area contributed by atoms with E-state index < -0.39 is 29.6 Å². The molecule has 0 bridgehead atoms. The molecule has 0 aliphatic carbocycles. The zero-order valence-corrected chi connectivity index (χ0v) is 6.61. The molecule has 0 spiro atoms. The van der Waals surface area contributed by atoms with Crippen molar-refractivity contribution in [3.63, 3.8) is 0 Å². The lowest BCUT2D eigenvalue weighted by molar-refractivity contribution is 0.111. The SMILES string of the molecule is O=Cc1c([B-](F)(F)F)ccc(F)c1F. The fraction of sp³-hybridized carbons (Fsp3) is 0. The Balaban J connectivity index is 3.47. The smallest absolute Gasteiger partial charge is 0.445 e. The van der Waals surface area contributed by atoms with Crippen molar-refractivity contribution in [2.45, 2.75) is 0 Å². The van der Waals surface area contributed by atoms with Gasteiger partial charge in [0.15, 0.2) is 11.6 Å². The van der Waals surface area contributed by atoms with E-state index in [1.54, 1.807) is 0 Å². The van der Waals surface area contributed by atoms with Gasteiger partial charge in [-0.3, -0.25) is 4.79 Å². The van der Waals surface area contributed by atoms with Gasteiger partial charge in [-0.05, 0) is 6.07 Å². The van der Waals surface area contributed by atoms with Crippen LogP contribution in [0.1, 0.15) is 10.4 Å². The first-order valence-corrected chi connectivity index (χ1v) is 3.51. The maximum Gasteiger partial charge on any atom is 0.510 e. The summed E-state index contributed by atoms with van der Waals surface area (Å²) in [6.07, 6.45) is -0.344. The number of halogens is 5. The van der Waals surface area contributed by atoms with Crippen molar-refractivity contribution < 1.29 is 26.5 Å². The molecule has 7 heteroatoms. The zero-order chi connectivity index (χ0) is 10.9. The van der Waals surface area contributed by atoms with E-state index in [9.17, 15) is 26.5 Å². The summed E-state index contributed by atoms with van der Waals surface area (Å²) in [5, 5.41) is 0. The number of aldehydes is 1. The molecule has 0 aliphatic rings. The normalized spacial score (nSPS) is 11.5. The minimum atomic E-state index is -5.51. The van der Waals surface area contributed by atoms with Gasteiger partial charge in [0.2, 0.25) is 0 Å². The Hall–Kier alpha value is -1.40. The summed E-state index contributed by atoms with van der Waals surface area (Å²) < 4.78 is 61.6. The average Bonchev–Trinajstić information content (AvgIpc) is 2.07. The predicted molar refractivity (Wildman–Crippen MR) is 40.5 cm³/mol. The Bertz CT molecular complexity index is 373. The third-order valence-corrected chi connectivity index (χ3v) is 1.64. The molecule has 0 amide bonds. The van der Waals surface area contributed by atoms with Crippen LogP contribution in [0, 0.1) is 11.6 Å². The summed E-state index contributed by atoms with van der Waals surface area (Å²) in [5.41, 5.74) is -2.70. The molecule has 0 atom stereocenters. The van der Waals surface area contributed by atoms with Crippen LogP contribution in [0.25, 0.3) is 0 Å². The molecule has 1 aromatic rings. The molecule has 0 saturated heterocycles. The van der Waals surface area contributed by atoms with Crippen LogP contribution >= 0.6 is 0 Å². The molecule has 0 unspecified atom stereocenters. The Labute approximate surface area is 75.6 Å². The molecular weight excluding hydrogens is 206 g/mol. The molecule has 1 rings (SSSR count). The summed E-state index contributed by atoms with van der Waals surface area (Å²) in [6.45, 7) is -5.51. The zero-order valence-electron chi connectivity index (χ0n) is 6.61. The predicted octanol–water partition coefficient (Wildman–Crippen LogP) is 1.83. The van der Waals surface area contributed by atoms with Gasteiger partial charge < -0.3 is 12.9 Å². The molecule has 0 saturated carbocycles. The Morgan fingerprint density at radius 2 is 1.71 bits per heavy atom. The van der Waals surface area contributed by atoms with Gasteiger partial charge in [0.1, 0.15) is 6.29 Å². The Kier molecular flexibility index (Phi) is 2.59. The fourth-order valence-electron chi connectivity index (χ4n) is 0.986. The van der Waals surface area contributed by atoms with Crippen molar-refractivity contribution in [3.8, 4) is 0 Å².